The van der Waals surface area contributed by atoms with Crippen LogP contribution in [0.25, 0.3) is 0 Å². The topological polar surface area (TPSA) is 20.3 Å². The Morgan fingerprint density at radius 3 is 2.50 bits per heavy atom. The average Bonchev–Trinajstić information content (AvgIpc) is 2.47. The van der Waals surface area contributed by atoms with Crippen molar-refractivity contribution in [1.29, 1.82) is 0 Å². The Kier molecular flexibility index (Phi) is 4.71. The van der Waals surface area contributed by atoms with E-state index in [2.05, 4.69) is 41.6 Å². The summed E-state index contributed by atoms with van der Waals surface area (Å²) in [6.07, 6.45) is 0. The van der Waals surface area contributed by atoms with Crippen LogP contribution in [0.15, 0.2) is 15.9 Å². The zero-order chi connectivity index (χ0) is 12.3. The van der Waals surface area contributed by atoms with Crippen molar-refractivity contribution in [3.8, 4) is 0 Å². The average molecular weight is 304 g/mol. The number of rotatable bonds is 4. The molecule has 0 atom stereocenters. The van der Waals surface area contributed by atoms with Crippen molar-refractivity contribution in [1.82, 2.24) is 4.90 Å². The molecule has 1 heterocycles. The molecule has 0 fully saturated rings. The van der Waals surface area contributed by atoms with Gasteiger partial charge in [0.05, 0.1) is 15.2 Å². The summed E-state index contributed by atoms with van der Waals surface area (Å²) < 4.78 is 1.01. The third-order valence-corrected chi connectivity index (χ3v) is 3.67. The van der Waals surface area contributed by atoms with Crippen LogP contribution in [-0.2, 0) is 0 Å². The summed E-state index contributed by atoms with van der Waals surface area (Å²) in [5.41, 5.74) is 0.227. The predicted octanol–water partition coefficient (Wildman–Crippen LogP) is 3.67. The molecule has 90 valence electrons. The highest BCUT2D eigenvalue weighted by Crippen LogP contribution is 2.23. The van der Waals surface area contributed by atoms with Crippen molar-refractivity contribution in [3.63, 3.8) is 0 Å². The van der Waals surface area contributed by atoms with E-state index in [1.165, 1.54) is 11.3 Å². The van der Waals surface area contributed by atoms with Crippen LogP contribution in [0.4, 0.5) is 0 Å². The van der Waals surface area contributed by atoms with Crippen molar-refractivity contribution < 1.29 is 4.79 Å². The molecule has 0 bridgehead atoms. The van der Waals surface area contributed by atoms with E-state index < -0.39 is 0 Å². The summed E-state index contributed by atoms with van der Waals surface area (Å²) in [4.78, 5) is 14.8. The fourth-order valence-corrected chi connectivity index (χ4v) is 2.97. The van der Waals surface area contributed by atoms with Crippen LogP contribution in [0, 0.1) is 5.41 Å². The van der Waals surface area contributed by atoms with Crippen LogP contribution in [-0.4, -0.2) is 30.8 Å². The second kappa shape index (κ2) is 5.43. The van der Waals surface area contributed by atoms with Gasteiger partial charge in [-0.05, 0) is 40.5 Å². The molecule has 0 aliphatic carbocycles. The lowest BCUT2D eigenvalue weighted by atomic mass is 9.96. The molecule has 0 amide bonds. The van der Waals surface area contributed by atoms with Crippen LogP contribution in [0.5, 0.6) is 0 Å². The van der Waals surface area contributed by atoms with Gasteiger partial charge in [0, 0.05) is 6.54 Å². The standard InChI is InChI=1S/C12H18BrNOS/c1-12(2,3)8-14(4)7-9(15)10-5-6-11(13)16-10/h5-6H,7-8H2,1-4H3. The Morgan fingerprint density at radius 1 is 1.44 bits per heavy atom. The largest absolute Gasteiger partial charge is 0.298 e. The zero-order valence-corrected chi connectivity index (χ0v) is 12.6. The third-order valence-electron chi connectivity index (χ3n) is 2.01. The maximum absolute atomic E-state index is 11.9. The molecule has 0 unspecified atom stereocenters. The molecule has 0 saturated heterocycles. The smallest absolute Gasteiger partial charge is 0.186 e. The molecule has 16 heavy (non-hydrogen) atoms. The molecule has 0 N–H and O–H groups in total. The highest BCUT2D eigenvalue weighted by molar-refractivity contribution is 9.11. The molecular formula is C12H18BrNOS. The van der Waals surface area contributed by atoms with Gasteiger partial charge in [0.15, 0.2) is 5.78 Å². The number of hydrogen-bond acceptors (Lipinski definition) is 3. The molecule has 0 spiro atoms. The van der Waals surface area contributed by atoms with E-state index >= 15 is 0 Å². The molecule has 0 aliphatic rings. The van der Waals surface area contributed by atoms with E-state index in [9.17, 15) is 4.79 Å². The fourth-order valence-electron chi connectivity index (χ4n) is 1.65. The van der Waals surface area contributed by atoms with Crippen LogP contribution >= 0.6 is 27.3 Å². The van der Waals surface area contributed by atoms with Gasteiger partial charge in [-0.25, -0.2) is 0 Å². The minimum absolute atomic E-state index is 0.197. The minimum atomic E-state index is 0.197. The molecule has 0 aromatic carbocycles. The van der Waals surface area contributed by atoms with E-state index in [0.717, 1.165) is 15.2 Å². The number of hydrogen-bond donors (Lipinski definition) is 0. The van der Waals surface area contributed by atoms with Gasteiger partial charge in [0.25, 0.3) is 0 Å². The summed E-state index contributed by atoms with van der Waals surface area (Å²) >= 11 is 4.86. The lowest BCUT2D eigenvalue weighted by Gasteiger charge is -2.25. The second-order valence-corrected chi connectivity index (χ2v) is 7.72. The van der Waals surface area contributed by atoms with Crippen LogP contribution in [0.3, 0.4) is 0 Å². The number of halogens is 1. The third kappa shape index (κ3) is 4.76. The van der Waals surface area contributed by atoms with Crippen molar-refractivity contribution in [2.24, 2.45) is 5.41 Å². The number of Topliss-reactive ketones (excluding diaryl/α,β-unsaturated/α-hetero) is 1. The van der Waals surface area contributed by atoms with Crippen molar-refractivity contribution in [2.75, 3.05) is 20.1 Å². The molecule has 1 aromatic rings. The summed E-state index contributed by atoms with van der Waals surface area (Å²) in [6.45, 7) is 7.94. The Morgan fingerprint density at radius 2 is 2.06 bits per heavy atom. The van der Waals surface area contributed by atoms with Gasteiger partial charge in [-0.3, -0.25) is 9.69 Å². The number of carbonyl (C=O) groups excluding carboxylic acids is 1. The Hall–Kier alpha value is -0.190. The van der Waals surface area contributed by atoms with E-state index in [1.807, 2.05) is 19.2 Å². The molecule has 4 heteroatoms. The van der Waals surface area contributed by atoms with Gasteiger partial charge in [-0.2, -0.15) is 0 Å². The van der Waals surface area contributed by atoms with Crippen LogP contribution < -0.4 is 0 Å². The van der Waals surface area contributed by atoms with Gasteiger partial charge in [-0.1, -0.05) is 20.8 Å². The van der Waals surface area contributed by atoms with E-state index in [1.54, 1.807) is 0 Å². The first kappa shape index (κ1) is 13.9. The SMILES string of the molecule is CN(CC(=O)c1ccc(Br)s1)CC(C)(C)C. The number of nitrogens with zero attached hydrogens (tertiary/aromatic N) is 1. The van der Waals surface area contributed by atoms with Gasteiger partial charge in [-0.15, -0.1) is 11.3 Å². The van der Waals surface area contributed by atoms with Crippen molar-refractivity contribution in [2.45, 2.75) is 20.8 Å². The first-order chi connectivity index (χ1) is 7.28. The molecule has 1 aromatic heterocycles. The normalized spacial score (nSPS) is 12.1. The zero-order valence-electron chi connectivity index (χ0n) is 10.2. The van der Waals surface area contributed by atoms with E-state index in [4.69, 9.17) is 0 Å². The van der Waals surface area contributed by atoms with Crippen molar-refractivity contribution >= 4 is 33.0 Å². The maximum Gasteiger partial charge on any atom is 0.186 e. The number of likely N-dealkylation sites (N-methyl/N-ethyl adjacent to an activating group) is 1. The first-order valence-corrected chi connectivity index (χ1v) is 6.86. The first-order valence-electron chi connectivity index (χ1n) is 5.25. The maximum atomic E-state index is 11.9. The second-order valence-electron chi connectivity index (χ2n) is 5.26. The van der Waals surface area contributed by atoms with E-state index in [-0.39, 0.29) is 11.2 Å². The highest BCUT2D eigenvalue weighted by Gasteiger charge is 2.17. The molecule has 2 nitrogen and oxygen atoms in total. The monoisotopic (exact) mass is 303 g/mol. The molecule has 0 radical (unpaired) electrons. The lowest BCUT2D eigenvalue weighted by Crippen LogP contribution is -2.33. The van der Waals surface area contributed by atoms with Gasteiger partial charge in [0.1, 0.15) is 0 Å². The summed E-state index contributed by atoms with van der Waals surface area (Å²) in [7, 11) is 1.99. The number of thiophene rings is 1. The molecule has 0 saturated carbocycles. The Bertz CT molecular complexity index is 367. The number of carbonyl (C=O) groups is 1. The summed E-state index contributed by atoms with van der Waals surface area (Å²) in [5.74, 6) is 0.197. The molecular weight excluding hydrogens is 286 g/mol. The lowest BCUT2D eigenvalue weighted by molar-refractivity contribution is 0.0931. The minimum Gasteiger partial charge on any atom is -0.298 e. The summed E-state index contributed by atoms with van der Waals surface area (Å²) in [6, 6.07) is 3.80. The molecule has 0 aliphatic heterocycles. The van der Waals surface area contributed by atoms with Crippen LogP contribution in [0.1, 0.15) is 30.4 Å². The molecule has 1 rings (SSSR count). The van der Waals surface area contributed by atoms with Gasteiger partial charge < -0.3 is 0 Å². The summed E-state index contributed by atoms with van der Waals surface area (Å²) in [5, 5.41) is 0. The van der Waals surface area contributed by atoms with Crippen LogP contribution in [0.2, 0.25) is 0 Å². The van der Waals surface area contributed by atoms with Gasteiger partial charge >= 0.3 is 0 Å². The highest BCUT2D eigenvalue weighted by atomic mass is 79.9. The quantitative estimate of drug-likeness (QED) is 0.791. The fraction of sp³-hybridized carbons (Fsp3) is 0.583. The predicted molar refractivity (Wildman–Crippen MR) is 73.3 cm³/mol. The van der Waals surface area contributed by atoms with E-state index in [0.29, 0.717) is 6.54 Å². The Balaban J connectivity index is 2.52. The Labute approximate surface area is 110 Å². The van der Waals surface area contributed by atoms with Crippen molar-refractivity contribution in [3.05, 3.63) is 20.8 Å². The number of ketones is 1. The van der Waals surface area contributed by atoms with Gasteiger partial charge in [0.2, 0.25) is 0 Å².